The van der Waals surface area contributed by atoms with Gasteiger partial charge in [0.15, 0.2) is 0 Å². The van der Waals surface area contributed by atoms with Crippen LogP contribution in [0.15, 0.2) is 53.4 Å². The highest BCUT2D eigenvalue weighted by Gasteiger charge is 2.31. The Hall–Kier alpha value is -1.43. The minimum atomic E-state index is -0.298. The molecule has 23 heavy (non-hydrogen) atoms. The number of benzene rings is 2. The smallest absolute Gasteiger partial charge is 0.336 e. The minimum Gasteiger partial charge on any atom is -0.390 e. The number of carbonyl (C=O) groups is 1. The molecule has 1 heterocycles. The molecule has 5 heteroatoms. The van der Waals surface area contributed by atoms with E-state index in [9.17, 15) is 4.79 Å². The normalized spacial score (nSPS) is 15.9. The molecule has 0 aromatic heterocycles. The van der Waals surface area contributed by atoms with Crippen LogP contribution in [0.4, 0.5) is 0 Å². The second-order valence-corrected chi connectivity index (χ2v) is 7.57. The average molecular weight is 345 g/mol. The summed E-state index contributed by atoms with van der Waals surface area (Å²) in [6, 6.07) is 16.3. The lowest BCUT2D eigenvalue weighted by Gasteiger charge is -2.25. The Morgan fingerprint density at radius 2 is 1.83 bits per heavy atom. The maximum absolute atomic E-state index is 12.5. The van der Waals surface area contributed by atoms with Gasteiger partial charge in [-0.25, -0.2) is 4.79 Å². The van der Waals surface area contributed by atoms with Crippen molar-refractivity contribution in [2.45, 2.75) is 10.1 Å². The predicted molar refractivity (Wildman–Crippen MR) is 97.6 cm³/mol. The Morgan fingerprint density at radius 1 is 1.13 bits per heavy atom. The molecule has 1 unspecified atom stereocenters. The molecule has 1 atom stereocenters. The number of nitrogens with zero attached hydrogens (tertiary/aromatic N) is 1. The SMILES string of the molecule is CN(C)CCSOC(=O)C1Sc2ccccc2-c2ccccc21. The van der Waals surface area contributed by atoms with Gasteiger partial charge in [-0.3, -0.25) is 0 Å². The van der Waals surface area contributed by atoms with Crippen molar-refractivity contribution in [2.24, 2.45) is 0 Å². The van der Waals surface area contributed by atoms with Gasteiger partial charge in [0, 0.05) is 17.2 Å². The molecule has 0 aliphatic carbocycles. The van der Waals surface area contributed by atoms with Gasteiger partial charge in [-0.1, -0.05) is 42.5 Å². The molecule has 0 amide bonds. The molecule has 0 N–H and O–H groups in total. The molecule has 0 saturated carbocycles. The Labute approximate surface area is 145 Å². The topological polar surface area (TPSA) is 29.5 Å². The third kappa shape index (κ3) is 3.74. The van der Waals surface area contributed by atoms with Crippen LogP contribution in [0.2, 0.25) is 0 Å². The van der Waals surface area contributed by atoms with E-state index < -0.39 is 0 Å². The molecular weight excluding hydrogens is 326 g/mol. The van der Waals surface area contributed by atoms with Crippen LogP contribution < -0.4 is 0 Å². The summed E-state index contributed by atoms with van der Waals surface area (Å²) < 4.78 is 5.43. The third-order valence-electron chi connectivity index (χ3n) is 3.64. The first-order valence-electron chi connectivity index (χ1n) is 7.50. The van der Waals surface area contributed by atoms with Gasteiger partial charge < -0.3 is 9.08 Å². The monoisotopic (exact) mass is 345 g/mol. The van der Waals surface area contributed by atoms with Gasteiger partial charge in [0.1, 0.15) is 5.25 Å². The lowest BCUT2D eigenvalue weighted by atomic mass is 9.97. The summed E-state index contributed by atoms with van der Waals surface area (Å²) >= 11 is 2.81. The van der Waals surface area contributed by atoms with Gasteiger partial charge in [0.05, 0.1) is 12.0 Å². The molecule has 0 bridgehead atoms. The van der Waals surface area contributed by atoms with E-state index in [1.807, 2.05) is 44.4 Å². The Bertz CT molecular complexity index is 703. The van der Waals surface area contributed by atoms with Crippen LogP contribution in [0.25, 0.3) is 11.1 Å². The van der Waals surface area contributed by atoms with Crippen molar-refractivity contribution in [1.29, 1.82) is 0 Å². The molecule has 2 aromatic rings. The highest BCUT2D eigenvalue weighted by Crippen LogP contribution is 2.49. The number of fused-ring (bicyclic) bond motifs is 3. The zero-order chi connectivity index (χ0) is 16.2. The lowest BCUT2D eigenvalue weighted by molar-refractivity contribution is -0.132. The standard InChI is InChI=1S/C18H19NO2S2/c1-19(2)11-12-22-21-18(20)17-15-9-4-3-7-13(15)14-8-5-6-10-16(14)23-17/h3-10,17H,11-12H2,1-2H3. The molecule has 1 aliphatic heterocycles. The predicted octanol–water partition coefficient (Wildman–Crippen LogP) is 4.25. The van der Waals surface area contributed by atoms with Crippen molar-refractivity contribution in [2.75, 3.05) is 26.4 Å². The fraction of sp³-hybridized carbons (Fsp3) is 0.278. The van der Waals surface area contributed by atoms with Crippen LogP contribution in [0, 0.1) is 0 Å². The Morgan fingerprint density at radius 3 is 2.61 bits per heavy atom. The van der Waals surface area contributed by atoms with Gasteiger partial charge >= 0.3 is 5.97 Å². The van der Waals surface area contributed by atoms with Gasteiger partial charge in [0.2, 0.25) is 0 Å². The number of thioether (sulfide) groups is 1. The van der Waals surface area contributed by atoms with Crippen LogP contribution in [0.5, 0.6) is 0 Å². The van der Waals surface area contributed by atoms with Crippen molar-refractivity contribution in [3.05, 3.63) is 54.1 Å². The van der Waals surface area contributed by atoms with E-state index in [-0.39, 0.29) is 11.2 Å². The number of rotatable bonds is 5. The van der Waals surface area contributed by atoms with Crippen molar-refractivity contribution >= 4 is 29.8 Å². The summed E-state index contributed by atoms with van der Waals surface area (Å²) in [6.45, 7) is 0.884. The van der Waals surface area contributed by atoms with Crippen LogP contribution >= 0.6 is 23.8 Å². The first-order valence-corrected chi connectivity index (χ1v) is 9.29. The minimum absolute atomic E-state index is 0.180. The molecule has 0 spiro atoms. The highest BCUT2D eigenvalue weighted by molar-refractivity contribution is 8.00. The Balaban J connectivity index is 1.78. The zero-order valence-corrected chi connectivity index (χ0v) is 14.8. The molecule has 0 saturated heterocycles. The average Bonchev–Trinajstić information content (AvgIpc) is 2.57. The van der Waals surface area contributed by atoms with Crippen molar-refractivity contribution in [3.8, 4) is 11.1 Å². The van der Waals surface area contributed by atoms with Gasteiger partial charge in [-0.15, -0.1) is 11.8 Å². The van der Waals surface area contributed by atoms with E-state index in [2.05, 4.69) is 23.1 Å². The summed E-state index contributed by atoms with van der Waals surface area (Å²) in [5.74, 6) is 0.592. The zero-order valence-electron chi connectivity index (χ0n) is 13.2. The van der Waals surface area contributed by atoms with Crippen LogP contribution in [-0.4, -0.2) is 37.3 Å². The van der Waals surface area contributed by atoms with Crippen LogP contribution in [0.3, 0.4) is 0 Å². The fourth-order valence-electron chi connectivity index (χ4n) is 2.49. The summed E-state index contributed by atoms with van der Waals surface area (Å²) in [7, 11) is 4.01. The van der Waals surface area contributed by atoms with E-state index in [1.54, 1.807) is 11.8 Å². The quantitative estimate of drug-likeness (QED) is 0.597. The molecule has 120 valence electrons. The molecular formula is C18H19NO2S2. The summed E-state index contributed by atoms with van der Waals surface area (Å²) in [6.07, 6.45) is 0. The second kappa shape index (κ2) is 7.43. The largest absolute Gasteiger partial charge is 0.390 e. The Kier molecular flexibility index (Phi) is 5.30. The van der Waals surface area contributed by atoms with Crippen molar-refractivity contribution in [3.63, 3.8) is 0 Å². The highest BCUT2D eigenvalue weighted by atomic mass is 32.2. The molecule has 0 fully saturated rings. The summed E-state index contributed by atoms with van der Waals surface area (Å²) in [4.78, 5) is 15.7. The number of carbonyl (C=O) groups excluding carboxylic acids is 1. The van der Waals surface area contributed by atoms with Crippen molar-refractivity contribution in [1.82, 2.24) is 4.90 Å². The molecule has 2 aromatic carbocycles. The van der Waals surface area contributed by atoms with E-state index in [1.165, 1.54) is 17.6 Å². The van der Waals surface area contributed by atoms with Gasteiger partial charge in [0.25, 0.3) is 0 Å². The number of hydrogen-bond donors (Lipinski definition) is 0. The van der Waals surface area contributed by atoms with Gasteiger partial charge in [-0.05, 0) is 36.9 Å². The first-order chi connectivity index (χ1) is 11.2. The van der Waals surface area contributed by atoms with Crippen molar-refractivity contribution < 1.29 is 8.98 Å². The van der Waals surface area contributed by atoms with E-state index in [0.717, 1.165) is 28.3 Å². The van der Waals surface area contributed by atoms with E-state index in [4.69, 9.17) is 4.18 Å². The number of hydrogen-bond acceptors (Lipinski definition) is 5. The molecule has 0 radical (unpaired) electrons. The third-order valence-corrected chi connectivity index (χ3v) is 5.57. The molecule has 3 nitrogen and oxygen atoms in total. The lowest BCUT2D eigenvalue weighted by Crippen LogP contribution is -2.17. The second-order valence-electron chi connectivity index (χ2n) is 5.61. The van der Waals surface area contributed by atoms with Crippen LogP contribution in [0.1, 0.15) is 10.8 Å². The summed E-state index contributed by atoms with van der Waals surface area (Å²) in [5, 5.41) is -0.298. The maximum atomic E-state index is 12.5. The molecule has 3 rings (SSSR count). The van der Waals surface area contributed by atoms with E-state index in [0.29, 0.717) is 0 Å². The fourth-order valence-corrected chi connectivity index (χ4v) is 4.48. The van der Waals surface area contributed by atoms with Crippen LogP contribution in [-0.2, 0) is 8.98 Å². The summed E-state index contributed by atoms with van der Waals surface area (Å²) in [5.41, 5.74) is 3.36. The van der Waals surface area contributed by atoms with E-state index >= 15 is 0 Å². The van der Waals surface area contributed by atoms with Gasteiger partial charge in [-0.2, -0.15) is 0 Å². The first kappa shape index (κ1) is 16.4. The maximum Gasteiger partial charge on any atom is 0.336 e. The molecule has 1 aliphatic rings.